The highest BCUT2D eigenvalue weighted by Gasteiger charge is 2.34. The van der Waals surface area contributed by atoms with Crippen molar-refractivity contribution < 1.29 is 4.79 Å². The normalized spacial score (nSPS) is 12.6. The Labute approximate surface area is 171 Å². The molecule has 0 heterocycles. The number of halogens is 5. The number of hydrogen-bond acceptors (Lipinski definition) is 2. The molecule has 0 aliphatic rings. The lowest BCUT2D eigenvalue weighted by molar-refractivity contribution is 0.0942. The molecule has 2 aromatic carbocycles. The summed E-state index contributed by atoms with van der Waals surface area (Å²) in [5.41, 5.74) is 1.19. The van der Waals surface area contributed by atoms with Crippen LogP contribution in [-0.4, -0.2) is 15.9 Å². The first kappa shape index (κ1) is 19.1. The van der Waals surface area contributed by atoms with E-state index in [2.05, 4.69) is 49.2 Å². The summed E-state index contributed by atoms with van der Waals surface area (Å²) in [5, 5.41) is 5.73. The van der Waals surface area contributed by atoms with E-state index in [0.29, 0.717) is 11.3 Å². The van der Waals surface area contributed by atoms with Crippen LogP contribution in [0.5, 0.6) is 0 Å². The van der Waals surface area contributed by atoms with Gasteiger partial charge in [-0.1, -0.05) is 53.0 Å². The molecule has 0 unspecified atom stereocenters. The van der Waals surface area contributed by atoms with E-state index in [1.807, 2.05) is 30.3 Å². The molecule has 0 bridgehead atoms. The Morgan fingerprint density at radius 1 is 1.13 bits per heavy atom. The van der Waals surface area contributed by atoms with Crippen molar-refractivity contribution in [1.29, 1.82) is 0 Å². The van der Waals surface area contributed by atoms with Gasteiger partial charge in [-0.2, -0.15) is 0 Å². The number of rotatable bonds is 4. The van der Waals surface area contributed by atoms with Crippen LogP contribution in [0.15, 0.2) is 53.0 Å². The number of carbonyl (C=O) groups is 1. The SMILES string of the molecule is O=C(N[C@@H](Nc1ccccc1Br)C(Cl)(Cl)Cl)c1cccc(I)c1. The molecular weight excluding hydrogens is 537 g/mol. The van der Waals surface area contributed by atoms with E-state index in [4.69, 9.17) is 34.8 Å². The Hall–Kier alpha value is -0.210. The summed E-state index contributed by atoms with van der Waals surface area (Å²) in [5.74, 6) is -0.334. The third-order valence-electron chi connectivity index (χ3n) is 2.86. The zero-order valence-corrected chi connectivity index (χ0v) is 17.5. The van der Waals surface area contributed by atoms with E-state index in [0.717, 1.165) is 8.04 Å². The van der Waals surface area contributed by atoms with Crippen LogP contribution in [-0.2, 0) is 0 Å². The lowest BCUT2D eigenvalue weighted by atomic mass is 10.2. The molecule has 0 aliphatic heterocycles. The third-order valence-corrected chi connectivity index (χ3v) is 4.88. The number of alkyl halides is 3. The largest absolute Gasteiger partial charge is 0.361 e. The average molecular weight is 548 g/mol. The second-order valence-corrected chi connectivity index (χ2v) is 9.05. The van der Waals surface area contributed by atoms with Crippen LogP contribution in [0.4, 0.5) is 5.69 Å². The van der Waals surface area contributed by atoms with Gasteiger partial charge in [0.05, 0.1) is 5.69 Å². The molecule has 0 spiro atoms. The van der Waals surface area contributed by atoms with Gasteiger partial charge in [-0.15, -0.1) is 0 Å². The molecular formula is C15H11BrCl3IN2O. The summed E-state index contributed by atoms with van der Waals surface area (Å²) in [7, 11) is 0. The topological polar surface area (TPSA) is 41.1 Å². The predicted octanol–water partition coefficient (Wildman–Crippen LogP) is 5.59. The molecule has 2 N–H and O–H groups in total. The number of carbonyl (C=O) groups excluding carboxylic acids is 1. The molecule has 3 nitrogen and oxygen atoms in total. The van der Waals surface area contributed by atoms with Crippen molar-refractivity contribution in [3.63, 3.8) is 0 Å². The number of benzene rings is 2. The summed E-state index contributed by atoms with van der Waals surface area (Å²) in [6.45, 7) is 0. The summed E-state index contributed by atoms with van der Waals surface area (Å²) < 4.78 is 0.00886. The molecule has 122 valence electrons. The number of para-hydroxylation sites is 1. The molecule has 0 aliphatic carbocycles. The number of hydrogen-bond donors (Lipinski definition) is 2. The van der Waals surface area contributed by atoms with Crippen molar-refractivity contribution in [1.82, 2.24) is 5.32 Å². The van der Waals surface area contributed by atoms with Gasteiger partial charge in [0.1, 0.15) is 6.17 Å². The fraction of sp³-hybridized carbons (Fsp3) is 0.133. The van der Waals surface area contributed by atoms with Gasteiger partial charge in [-0.3, -0.25) is 4.79 Å². The van der Waals surface area contributed by atoms with Crippen molar-refractivity contribution in [2.45, 2.75) is 9.96 Å². The van der Waals surface area contributed by atoms with E-state index < -0.39 is 9.96 Å². The number of nitrogens with one attached hydrogen (secondary N) is 2. The zero-order chi connectivity index (χ0) is 17.0. The predicted molar refractivity (Wildman–Crippen MR) is 108 cm³/mol. The fourth-order valence-electron chi connectivity index (χ4n) is 1.78. The van der Waals surface area contributed by atoms with Crippen molar-refractivity contribution in [2.75, 3.05) is 5.32 Å². The van der Waals surface area contributed by atoms with Crippen LogP contribution in [0.25, 0.3) is 0 Å². The molecule has 8 heteroatoms. The standard InChI is InChI=1S/C15H11BrCl3IN2O/c16-11-6-1-2-7-12(11)21-14(15(17,18)19)22-13(23)9-4-3-5-10(20)8-9/h1-8,14,21H,(H,22,23)/t14-/m1/s1. The molecule has 23 heavy (non-hydrogen) atoms. The van der Waals surface area contributed by atoms with E-state index in [1.54, 1.807) is 18.2 Å². The van der Waals surface area contributed by atoms with Gasteiger partial charge in [0.25, 0.3) is 5.91 Å². The molecule has 0 fully saturated rings. The van der Waals surface area contributed by atoms with Crippen LogP contribution < -0.4 is 10.6 Å². The Balaban J connectivity index is 2.20. The lowest BCUT2D eigenvalue weighted by Gasteiger charge is -2.28. The van der Waals surface area contributed by atoms with Gasteiger partial charge >= 0.3 is 0 Å². The highest BCUT2D eigenvalue weighted by molar-refractivity contribution is 14.1. The van der Waals surface area contributed by atoms with Crippen LogP contribution in [0.2, 0.25) is 0 Å². The molecule has 1 amide bonds. The van der Waals surface area contributed by atoms with E-state index in [9.17, 15) is 4.79 Å². The van der Waals surface area contributed by atoms with E-state index in [1.165, 1.54) is 0 Å². The van der Waals surface area contributed by atoms with Crippen LogP contribution in [0.1, 0.15) is 10.4 Å². The second kappa shape index (κ2) is 8.25. The summed E-state index contributed by atoms with van der Waals surface area (Å²) >= 11 is 23.5. The van der Waals surface area contributed by atoms with Gasteiger partial charge < -0.3 is 10.6 Å². The van der Waals surface area contributed by atoms with Crippen molar-refractivity contribution >= 4 is 84.9 Å². The first-order valence-corrected chi connectivity index (χ1v) is 9.42. The average Bonchev–Trinajstić information content (AvgIpc) is 2.47. The monoisotopic (exact) mass is 546 g/mol. The molecule has 2 rings (SSSR count). The van der Waals surface area contributed by atoms with Gasteiger partial charge in [0.2, 0.25) is 3.79 Å². The minimum Gasteiger partial charge on any atom is -0.361 e. The number of amides is 1. The second-order valence-electron chi connectivity index (χ2n) is 4.58. The number of anilines is 1. The van der Waals surface area contributed by atoms with E-state index in [-0.39, 0.29) is 5.91 Å². The Morgan fingerprint density at radius 3 is 2.43 bits per heavy atom. The van der Waals surface area contributed by atoms with Gasteiger partial charge in [0.15, 0.2) is 0 Å². The maximum atomic E-state index is 12.4. The van der Waals surface area contributed by atoms with Crippen LogP contribution in [0, 0.1) is 3.57 Å². The van der Waals surface area contributed by atoms with Crippen LogP contribution in [0.3, 0.4) is 0 Å². The highest BCUT2D eigenvalue weighted by Crippen LogP contribution is 2.33. The van der Waals surface area contributed by atoms with Crippen molar-refractivity contribution in [3.05, 3.63) is 62.1 Å². The van der Waals surface area contributed by atoms with Gasteiger partial charge in [-0.05, 0) is 68.9 Å². The van der Waals surface area contributed by atoms with Crippen molar-refractivity contribution in [3.8, 4) is 0 Å². The van der Waals surface area contributed by atoms with Gasteiger partial charge in [-0.25, -0.2) is 0 Å². The van der Waals surface area contributed by atoms with Gasteiger partial charge in [0, 0.05) is 13.6 Å². The lowest BCUT2D eigenvalue weighted by Crippen LogP contribution is -2.49. The highest BCUT2D eigenvalue weighted by atomic mass is 127. The zero-order valence-electron chi connectivity index (χ0n) is 11.5. The molecule has 2 aromatic rings. The molecule has 1 atom stereocenters. The summed E-state index contributed by atoms with van der Waals surface area (Å²) in [6.07, 6.45) is -0.906. The quantitative estimate of drug-likeness (QED) is 0.297. The summed E-state index contributed by atoms with van der Waals surface area (Å²) in [4.78, 5) is 12.4. The Morgan fingerprint density at radius 2 is 1.83 bits per heavy atom. The summed E-state index contributed by atoms with van der Waals surface area (Å²) in [6, 6.07) is 14.5. The smallest absolute Gasteiger partial charge is 0.253 e. The Kier molecular flexibility index (Phi) is 6.86. The minimum atomic E-state index is -1.73. The first-order chi connectivity index (χ1) is 10.8. The molecule has 0 aromatic heterocycles. The molecule has 0 saturated carbocycles. The first-order valence-electron chi connectivity index (χ1n) is 6.41. The third kappa shape index (κ3) is 5.67. The maximum absolute atomic E-state index is 12.4. The fourth-order valence-corrected chi connectivity index (χ4v) is 3.05. The Bertz CT molecular complexity index is 709. The maximum Gasteiger partial charge on any atom is 0.253 e. The molecule has 0 radical (unpaired) electrons. The molecule has 0 saturated heterocycles. The van der Waals surface area contributed by atoms with E-state index >= 15 is 0 Å². The minimum absolute atomic E-state index is 0.334. The van der Waals surface area contributed by atoms with Crippen LogP contribution >= 0.6 is 73.3 Å². The van der Waals surface area contributed by atoms with Crippen molar-refractivity contribution in [2.24, 2.45) is 0 Å².